The van der Waals surface area contributed by atoms with Gasteiger partial charge in [0.15, 0.2) is 5.65 Å². The highest BCUT2D eigenvalue weighted by Gasteiger charge is 2.34. The van der Waals surface area contributed by atoms with Gasteiger partial charge in [0, 0.05) is 43.2 Å². The molecule has 0 unspecified atom stereocenters. The normalized spacial score (nSPS) is 13.5. The summed E-state index contributed by atoms with van der Waals surface area (Å²) in [6, 6.07) is 13.5. The number of likely N-dealkylation sites (tertiary alicyclic amines) is 1. The van der Waals surface area contributed by atoms with E-state index in [0.717, 1.165) is 22.3 Å². The molecule has 2 N–H and O–H groups in total. The van der Waals surface area contributed by atoms with Gasteiger partial charge in [-0.25, -0.2) is 18.8 Å². The Morgan fingerprint density at radius 1 is 1.17 bits per heavy atom. The predicted molar refractivity (Wildman–Crippen MR) is 130 cm³/mol. The van der Waals surface area contributed by atoms with Crippen LogP contribution < -0.4 is 10.1 Å². The van der Waals surface area contributed by atoms with Crippen LogP contribution in [-0.4, -0.2) is 53.4 Å². The van der Waals surface area contributed by atoms with Crippen LogP contribution in [0.15, 0.2) is 61.3 Å². The first kappa shape index (κ1) is 21.4. The molecule has 1 aliphatic heterocycles. The molecule has 1 aliphatic rings. The maximum atomic E-state index is 11.2. The molecular formula is C25H20N8O3. The third kappa shape index (κ3) is 3.61. The van der Waals surface area contributed by atoms with Gasteiger partial charge in [0.2, 0.25) is 0 Å². The molecule has 0 saturated carbocycles. The third-order valence-corrected chi connectivity index (χ3v) is 6.35. The van der Waals surface area contributed by atoms with E-state index in [2.05, 4.69) is 26.6 Å². The number of anilines is 2. The summed E-state index contributed by atoms with van der Waals surface area (Å²) in [5.74, 6) is 1.38. The second-order valence-corrected chi connectivity index (χ2v) is 8.63. The van der Waals surface area contributed by atoms with Crippen LogP contribution in [0.4, 0.5) is 16.2 Å². The van der Waals surface area contributed by atoms with E-state index in [4.69, 9.17) is 4.74 Å². The Kier molecular flexibility index (Phi) is 4.93. The minimum Gasteiger partial charge on any atom is -0.465 e. The Morgan fingerprint density at radius 2 is 2.00 bits per heavy atom. The molecule has 5 heterocycles. The monoisotopic (exact) mass is 480 g/mol. The smallest absolute Gasteiger partial charge is 0.407 e. The average Bonchev–Trinajstić information content (AvgIpc) is 3.47. The van der Waals surface area contributed by atoms with Gasteiger partial charge >= 0.3 is 6.09 Å². The van der Waals surface area contributed by atoms with E-state index in [-0.39, 0.29) is 5.92 Å². The van der Waals surface area contributed by atoms with Gasteiger partial charge in [-0.15, -0.1) is 0 Å². The van der Waals surface area contributed by atoms with Crippen LogP contribution in [0.2, 0.25) is 0 Å². The van der Waals surface area contributed by atoms with E-state index in [1.54, 1.807) is 15.2 Å². The SMILES string of the molecule is Cc1cc(Nc2c(C#N)cnn3ccc(C4CN(C(=O)O)C4)c23)ccc1Oc1ccn2ncnc2c1. The molecule has 5 aromatic rings. The number of aromatic nitrogens is 5. The number of fused-ring (bicyclic) bond motifs is 2. The summed E-state index contributed by atoms with van der Waals surface area (Å²) in [6.07, 6.45) is 5.69. The minimum atomic E-state index is -0.928. The maximum absolute atomic E-state index is 11.2. The first-order valence-corrected chi connectivity index (χ1v) is 11.2. The van der Waals surface area contributed by atoms with E-state index >= 15 is 0 Å². The molecule has 0 aliphatic carbocycles. The van der Waals surface area contributed by atoms with Gasteiger partial charge in [-0.05, 0) is 48.4 Å². The number of nitrogens with one attached hydrogen (secondary N) is 1. The summed E-state index contributed by atoms with van der Waals surface area (Å²) in [5, 5.41) is 30.8. The Hall–Kier alpha value is -5.11. The highest BCUT2D eigenvalue weighted by molar-refractivity contribution is 5.85. The molecule has 0 atom stereocenters. The van der Waals surface area contributed by atoms with Gasteiger partial charge in [0.1, 0.15) is 23.9 Å². The largest absolute Gasteiger partial charge is 0.465 e. The fourth-order valence-electron chi connectivity index (χ4n) is 4.45. The molecule has 0 bridgehead atoms. The summed E-state index contributed by atoms with van der Waals surface area (Å²) in [7, 11) is 0. The number of carboxylic acid groups (broad SMARTS) is 1. The van der Waals surface area contributed by atoms with Gasteiger partial charge in [-0.1, -0.05) is 0 Å². The van der Waals surface area contributed by atoms with Crippen molar-refractivity contribution in [3.63, 3.8) is 0 Å². The lowest BCUT2D eigenvalue weighted by Crippen LogP contribution is -2.47. The number of benzene rings is 1. The summed E-state index contributed by atoms with van der Waals surface area (Å²) >= 11 is 0. The van der Waals surface area contributed by atoms with Crippen LogP contribution in [0.3, 0.4) is 0 Å². The van der Waals surface area contributed by atoms with Gasteiger partial charge in [0.05, 0.1) is 23.0 Å². The zero-order chi connectivity index (χ0) is 24.8. The number of ether oxygens (including phenoxy) is 1. The van der Waals surface area contributed by atoms with Crippen LogP contribution >= 0.6 is 0 Å². The Balaban J connectivity index is 1.30. The highest BCUT2D eigenvalue weighted by Crippen LogP contribution is 2.37. The van der Waals surface area contributed by atoms with Crippen molar-refractivity contribution in [3.05, 3.63) is 78.0 Å². The first-order chi connectivity index (χ1) is 17.5. The Morgan fingerprint density at radius 3 is 2.78 bits per heavy atom. The van der Waals surface area contributed by atoms with E-state index < -0.39 is 6.09 Å². The van der Waals surface area contributed by atoms with Crippen molar-refractivity contribution in [1.82, 2.24) is 29.1 Å². The summed E-state index contributed by atoms with van der Waals surface area (Å²) in [4.78, 5) is 16.8. The number of aryl methyl sites for hydroxylation is 1. The van der Waals surface area contributed by atoms with E-state index in [1.165, 1.54) is 17.4 Å². The maximum Gasteiger partial charge on any atom is 0.407 e. The van der Waals surface area contributed by atoms with E-state index in [9.17, 15) is 15.2 Å². The molecule has 11 heteroatoms. The van der Waals surface area contributed by atoms with Crippen LogP contribution in [-0.2, 0) is 0 Å². The quantitative estimate of drug-likeness (QED) is 0.383. The standard InChI is InChI=1S/C25H20N8O3/c1-15-8-18(2-3-21(15)36-19-4-6-32-22(9-19)27-14-29-32)30-23-16(10-26)11-28-33-7-5-20(24(23)33)17-12-31(13-17)25(34)35/h2-9,11,14,17,30H,12-13H2,1H3,(H,34,35). The van der Waals surface area contributed by atoms with Crippen LogP contribution in [0, 0.1) is 18.3 Å². The third-order valence-electron chi connectivity index (χ3n) is 6.35. The van der Waals surface area contributed by atoms with Crippen molar-refractivity contribution in [2.75, 3.05) is 18.4 Å². The fraction of sp³-hybridized carbons (Fsp3) is 0.160. The molecular weight excluding hydrogens is 460 g/mol. The number of nitrogens with zero attached hydrogens (tertiary/aromatic N) is 7. The second-order valence-electron chi connectivity index (χ2n) is 8.63. The lowest BCUT2D eigenvalue weighted by molar-refractivity contribution is 0.106. The van der Waals surface area contributed by atoms with Gasteiger partial charge < -0.3 is 20.1 Å². The molecule has 0 radical (unpaired) electrons. The van der Waals surface area contributed by atoms with Crippen molar-refractivity contribution in [3.8, 4) is 17.6 Å². The number of hydrogen-bond acceptors (Lipinski definition) is 7. The second kappa shape index (κ2) is 8.28. The highest BCUT2D eigenvalue weighted by atomic mass is 16.5. The predicted octanol–water partition coefficient (Wildman–Crippen LogP) is 4.17. The van der Waals surface area contributed by atoms with Gasteiger partial charge in [0.25, 0.3) is 0 Å². The Labute approximate surface area is 204 Å². The average molecular weight is 480 g/mol. The number of pyridine rings is 1. The van der Waals surface area contributed by atoms with Crippen molar-refractivity contribution >= 4 is 28.6 Å². The number of carbonyl (C=O) groups is 1. The van der Waals surface area contributed by atoms with Crippen molar-refractivity contribution in [2.24, 2.45) is 0 Å². The molecule has 1 amide bonds. The lowest BCUT2D eigenvalue weighted by Gasteiger charge is -2.37. The number of hydrogen-bond donors (Lipinski definition) is 2. The molecule has 4 aromatic heterocycles. The lowest BCUT2D eigenvalue weighted by atomic mass is 9.92. The minimum absolute atomic E-state index is 0.0440. The molecule has 0 spiro atoms. The van der Waals surface area contributed by atoms with Gasteiger partial charge in [-0.2, -0.15) is 15.5 Å². The van der Waals surface area contributed by atoms with Crippen molar-refractivity contribution in [1.29, 1.82) is 5.26 Å². The zero-order valence-corrected chi connectivity index (χ0v) is 19.2. The van der Waals surface area contributed by atoms with E-state index in [1.807, 2.05) is 49.5 Å². The fourth-order valence-corrected chi connectivity index (χ4v) is 4.45. The molecule has 178 valence electrons. The molecule has 1 saturated heterocycles. The van der Waals surface area contributed by atoms with Crippen LogP contribution in [0.1, 0.15) is 22.6 Å². The zero-order valence-electron chi connectivity index (χ0n) is 19.2. The van der Waals surface area contributed by atoms with Gasteiger partial charge in [-0.3, -0.25) is 0 Å². The van der Waals surface area contributed by atoms with Crippen molar-refractivity contribution < 1.29 is 14.6 Å². The Bertz CT molecular complexity index is 1680. The van der Waals surface area contributed by atoms with E-state index in [0.29, 0.717) is 41.5 Å². The molecule has 6 rings (SSSR count). The van der Waals surface area contributed by atoms with Crippen LogP contribution in [0.5, 0.6) is 11.5 Å². The number of rotatable bonds is 5. The van der Waals surface area contributed by atoms with Crippen molar-refractivity contribution in [2.45, 2.75) is 12.8 Å². The molecule has 11 nitrogen and oxygen atoms in total. The summed E-state index contributed by atoms with van der Waals surface area (Å²) < 4.78 is 9.44. The first-order valence-electron chi connectivity index (χ1n) is 11.2. The molecule has 1 aromatic carbocycles. The molecule has 1 fully saturated rings. The summed E-state index contributed by atoms with van der Waals surface area (Å²) in [6.45, 7) is 2.77. The number of nitriles is 1. The summed E-state index contributed by atoms with van der Waals surface area (Å²) in [5.41, 5.74) is 5.13. The molecule has 36 heavy (non-hydrogen) atoms. The number of amides is 1. The topological polar surface area (TPSA) is 133 Å². The van der Waals surface area contributed by atoms with Crippen LogP contribution in [0.25, 0.3) is 11.2 Å².